The molecule has 0 aliphatic carbocycles. The minimum Gasteiger partial charge on any atom is -0.493 e. The second-order valence-electron chi connectivity index (χ2n) is 5.98. The molecular weight excluding hydrogens is 391 g/mol. The standard InChI is InChI=1S/C20H17FN6O3/c1-13-24-25-26-27(13)15-5-6-16(21)17(12-15)23-20(28)8-4-14-3-7-18(30-10-9-22)19(11-14)29-2/h3-8,11-12H,10H2,1-2H3,(H,23,28)/b8-4+. The molecule has 0 saturated heterocycles. The van der Waals surface area contributed by atoms with Crippen LogP contribution in [0.2, 0.25) is 0 Å². The van der Waals surface area contributed by atoms with Crippen molar-refractivity contribution in [3.63, 3.8) is 0 Å². The Bertz CT molecular complexity index is 1140. The van der Waals surface area contributed by atoms with Crippen molar-refractivity contribution in [2.75, 3.05) is 19.0 Å². The van der Waals surface area contributed by atoms with Crippen molar-refractivity contribution >= 4 is 17.7 Å². The molecule has 1 aromatic heterocycles. The summed E-state index contributed by atoms with van der Waals surface area (Å²) in [5.74, 6) is 0.242. The molecule has 0 aliphatic rings. The highest BCUT2D eigenvalue weighted by Crippen LogP contribution is 2.28. The summed E-state index contributed by atoms with van der Waals surface area (Å²) in [5, 5.41) is 22.2. The lowest BCUT2D eigenvalue weighted by Gasteiger charge is -2.09. The van der Waals surface area contributed by atoms with Gasteiger partial charge in [0.15, 0.2) is 23.9 Å². The topological polar surface area (TPSA) is 115 Å². The number of nitriles is 1. The van der Waals surface area contributed by atoms with E-state index in [1.807, 2.05) is 6.07 Å². The van der Waals surface area contributed by atoms with Gasteiger partial charge in [-0.15, -0.1) is 5.10 Å². The van der Waals surface area contributed by atoms with Gasteiger partial charge in [-0.05, 0) is 59.3 Å². The van der Waals surface area contributed by atoms with Gasteiger partial charge in [0, 0.05) is 6.08 Å². The van der Waals surface area contributed by atoms with Gasteiger partial charge in [0.2, 0.25) is 5.91 Å². The summed E-state index contributed by atoms with van der Waals surface area (Å²) in [5.41, 5.74) is 1.16. The molecule has 1 amide bonds. The summed E-state index contributed by atoms with van der Waals surface area (Å²) in [7, 11) is 1.47. The van der Waals surface area contributed by atoms with E-state index in [0.717, 1.165) is 0 Å². The van der Waals surface area contributed by atoms with Crippen LogP contribution in [0.15, 0.2) is 42.5 Å². The van der Waals surface area contributed by atoms with Crippen molar-refractivity contribution in [1.29, 1.82) is 5.26 Å². The fraction of sp³-hybridized carbons (Fsp3) is 0.150. The quantitative estimate of drug-likeness (QED) is 0.598. The molecule has 0 aliphatic heterocycles. The number of rotatable bonds is 7. The molecule has 3 aromatic rings. The molecule has 3 rings (SSSR count). The highest BCUT2D eigenvalue weighted by atomic mass is 19.1. The minimum absolute atomic E-state index is 0.00474. The third-order valence-corrected chi connectivity index (χ3v) is 3.98. The number of hydrogen-bond acceptors (Lipinski definition) is 7. The molecular formula is C20H17FN6O3. The molecule has 0 fully saturated rings. The number of amides is 1. The number of nitrogens with zero attached hydrogens (tertiary/aromatic N) is 5. The molecule has 0 radical (unpaired) electrons. The number of aryl methyl sites for hydroxylation is 1. The van der Waals surface area contributed by atoms with Crippen LogP contribution in [0.25, 0.3) is 11.8 Å². The predicted octanol–water partition coefficient (Wildman–Crippen LogP) is 2.67. The van der Waals surface area contributed by atoms with Crippen LogP contribution in [-0.4, -0.2) is 39.8 Å². The summed E-state index contributed by atoms with van der Waals surface area (Å²) in [6.45, 7) is 1.60. The normalized spacial score (nSPS) is 10.6. The van der Waals surface area contributed by atoms with Gasteiger partial charge in [0.25, 0.3) is 0 Å². The number of halogens is 1. The first-order chi connectivity index (χ1) is 14.5. The van der Waals surface area contributed by atoms with Crippen molar-refractivity contribution in [3.05, 3.63) is 59.7 Å². The summed E-state index contributed by atoms with van der Waals surface area (Å²) < 4.78 is 26.0. The molecule has 1 heterocycles. The Morgan fingerprint density at radius 3 is 2.83 bits per heavy atom. The van der Waals surface area contributed by atoms with Crippen molar-refractivity contribution < 1.29 is 18.7 Å². The fourth-order valence-corrected chi connectivity index (χ4v) is 2.57. The van der Waals surface area contributed by atoms with E-state index in [-0.39, 0.29) is 12.3 Å². The number of tetrazole rings is 1. The third-order valence-electron chi connectivity index (χ3n) is 3.98. The lowest BCUT2D eigenvalue weighted by molar-refractivity contribution is -0.111. The smallest absolute Gasteiger partial charge is 0.248 e. The largest absolute Gasteiger partial charge is 0.493 e. The Morgan fingerprint density at radius 2 is 2.13 bits per heavy atom. The average Bonchev–Trinajstić information content (AvgIpc) is 3.18. The Hall–Kier alpha value is -4.26. The zero-order valence-electron chi connectivity index (χ0n) is 16.2. The lowest BCUT2D eigenvalue weighted by atomic mass is 10.2. The van der Waals surface area contributed by atoms with E-state index < -0.39 is 11.7 Å². The molecule has 0 bridgehead atoms. The molecule has 9 nitrogen and oxygen atoms in total. The van der Waals surface area contributed by atoms with Crippen LogP contribution >= 0.6 is 0 Å². The van der Waals surface area contributed by atoms with Gasteiger partial charge in [0.05, 0.1) is 18.5 Å². The molecule has 0 spiro atoms. The minimum atomic E-state index is -0.591. The number of hydrogen-bond donors (Lipinski definition) is 1. The van der Waals surface area contributed by atoms with Crippen molar-refractivity contribution in [1.82, 2.24) is 20.2 Å². The maximum atomic E-state index is 14.1. The Morgan fingerprint density at radius 1 is 1.30 bits per heavy atom. The van der Waals surface area contributed by atoms with Crippen molar-refractivity contribution in [2.45, 2.75) is 6.92 Å². The number of anilines is 1. The van der Waals surface area contributed by atoms with Crippen LogP contribution in [0.3, 0.4) is 0 Å². The highest BCUT2D eigenvalue weighted by molar-refractivity contribution is 6.02. The molecule has 152 valence electrons. The van der Waals surface area contributed by atoms with Crippen molar-refractivity contribution in [2.24, 2.45) is 0 Å². The van der Waals surface area contributed by atoms with Gasteiger partial charge >= 0.3 is 0 Å². The Balaban J connectivity index is 1.73. The van der Waals surface area contributed by atoms with E-state index in [2.05, 4.69) is 20.8 Å². The maximum Gasteiger partial charge on any atom is 0.248 e. The zero-order chi connectivity index (χ0) is 21.5. The van der Waals surface area contributed by atoms with E-state index in [9.17, 15) is 9.18 Å². The maximum absolute atomic E-state index is 14.1. The Labute approximate surface area is 171 Å². The second kappa shape index (κ2) is 9.29. The Kier molecular flexibility index (Phi) is 6.34. The van der Waals surface area contributed by atoms with Crippen LogP contribution in [0, 0.1) is 24.1 Å². The van der Waals surface area contributed by atoms with E-state index in [1.54, 1.807) is 31.2 Å². The second-order valence-corrected chi connectivity index (χ2v) is 5.98. The van der Waals surface area contributed by atoms with Gasteiger partial charge in [-0.3, -0.25) is 4.79 Å². The molecule has 0 saturated carbocycles. The van der Waals surface area contributed by atoms with E-state index in [4.69, 9.17) is 14.7 Å². The first-order valence-electron chi connectivity index (χ1n) is 8.73. The van der Waals surface area contributed by atoms with Gasteiger partial charge < -0.3 is 14.8 Å². The molecule has 0 atom stereocenters. The number of ether oxygens (including phenoxy) is 2. The summed E-state index contributed by atoms with van der Waals surface area (Å²) >= 11 is 0. The van der Waals surface area contributed by atoms with Gasteiger partial charge in [0.1, 0.15) is 11.9 Å². The SMILES string of the molecule is COc1cc(/C=C/C(=O)Nc2cc(-n3nnnc3C)ccc2F)ccc1OCC#N. The van der Waals surface area contributed by atoms with Gasteiger partial charge in [-0.25, -0.2) is 4.39 Å². The monoisotopic (exact) mass is 408 g/mol. The summed E-state index contributed by atoms with van der Waals surface area (Å²) in [6, 6.07) is 11.0. The third kappa shape index (κ3) is 4.77. The van der Waals surface area contributed by atoms with E-state index >= 15 is 0 Å². The average molecular weight is 408 g/mol. The number of aromatic nitrogens is 4. The number of carbonyl (C=O) groups excluding carboxylic acids is 1. The van der Waals surface area contributed by atoms with Crippen LogP contribution in [0.4, 0.5) is 10.1 Å². The van der Waals surface area contributed by atoms with Gasteiger partial charge in [-0.1, -0.05) is 6.07 Å². The van der Waals surface area contributed by atoms with Crippen LogP contribution < -0.4 is 14.8 Å². The highest BCUT2D eigenvalue weighted by Gasteiger charge is 2.10. The summed E-state index contributed by atoms with van der Waals surface area (Å²) in [4.78, 5) is 12.3. The van der Waals surface area contributed by atoms with E-state index in [0.29, 0.717) is 28.6 Å². The van der Waals surface area contributed by atoms with E-state index in [1.165, 1.54) is 36.1 Å². The number of benzene rings is 2. The number of carbonyl (C=O) groups is 1. The fourth-order valence-electron chi connectivity index (χ4n) is 2.57. The number of nitrogens with one attached hydrogen (secondary N) is 1. The molecule has 10 heteroatoms. The zero-order valence-corrected chi connectivity index (χ0v) is 16.2. The molecule has 2 aromatic carbocycles. The van der Waals surface area contributed by atoms with Gasteiger partial charge in [-0.2, -0.15) is 9.94 Å². The molecule has 1 N–H and O–H groups in total. The molecule has 30 heavy (non-hydrogen) atoms. The van der Waals surface area contributed by atoms with Crippen LogP contribution in [0.1, 0.15) is 11.4 Å². The van der Waals surface area contributed by atoms with Crippen LogP contribution in [-0.2, 0) is 4.79 Å². The predicted molar refractivity (Wildman–Crippen MR) is 106 cm³/mol. The first kappa shape index (κ1) is 20.5. The first-order valence-corrected chi connectivity index (χ1v) is 8.73. The van der Waals surface area contributed by atoms with Crippen molar-refractivity contribution in [3.8, 4) is 23.3 Å². The summed E-state index contributed by atoms with van der Waals surface area (Å²) in [6.07, 6.45) is 2.80. The molecule has 0 unspecified atom stereocenters. The van der Waals surface area contributed by atoms with Crippen LogP contribution in [0.5, 0.6) is 11.5 Å². The lowest BCUT2D eigenvalue weighted by Crippen LogP contribution is -2.10. The number of methoxy groups -OCH3 is 1.